The molecule has 0 bridgehead atoms. The molecule has 1 aliphatic carbocycles. The van der Waals surface area contributed by atoms with Crippen molar-refractivity contribution in [3.8, 4) is 0 Å². The maximum atomic E-state index is 6.47. The number of hydrogen-bond donors (Lipinski definition) is 1. The van der Waals surface area contributed by atoms with E-state index in [-0.39, 0.29) is 5.54 Å². The monoisotopic (exact) mass is 265 g/mol. The smallest absolute Gasteiger partial charge is 0.234 e. The lowest BCUT2D eigenvalue weighted by Crippen LogP contribution is -2.43. The van der Waals surface area contributed by atoms with Crippen molar-refractivity contribution in [2.75, 3.05) is 0 Å². The summed E-state index contributed by atoms with van der Waals surface area (Å²) in [6.07, 6.45) is 7.80. The summed E-state index contributed by atoms with van der Waals surface area (Å²) in [6.45, 7) is 2.07. The van der Waals surface area contributed by atoms with Gasteiger partial charge in [0.2, 0.25) is 4.96 Å². The van der Waals surface area contributed by atoms with Gasteiger partial charge in [-0.25, -0.2) is 0 Å². The second-order valence-electron chi connectivity index (χ2n) is 5.26. The van der Waals surface area contributed by atoms with Crippen LogP contribution in [-0.2, 0) is 12.8 Å². The molecule has 2 N–H and O–H groups in total. The number of fused-ring (bicyclic) bond motifs is 1. The molecule has 0 saturated heterocycles. The van der Waals surface area contributed by atoms with Crippen molar-refractivity contribution in [2.24, 2.45) is 5.73 Å². The first-order valence-electron chi connectivity index (χ1n) is 6.69. The Morgan fingerprint density at radius 3 is 2.78 bits per heavy atom. The van der Waals surface area contributed by atoms with Gasteiger partial charge in [-0.3, -0.25) is 0 Å². The second-order valence-corrected chi connectivity index (χ2v) is 6.30. The fourth-order valence-electron chi connectivity index (χ4n) is 2.72. The van der Waals surface area contributed by atoms with Gasteiger partial charge in [0, 0.05) is 18.4 Å². The minimum absolute atomic E-state index is 0.0477. The van der Waals surface area contributed by atoms with E-state index in [0.29, 0.717) is 0 Å². The van der Waals surface area contributed by atoms with Gasteiger partial charge >= 0.3 is 0 Å². The van der Waals surface area contributed by atoms with Gasteiger partial charge in [0.15, 0.2) is 5.82 Å². The third-order valence-electron chi connectivity index (χ3n) is 3.77. The number of aromatic nitrogens is 4. The number of nitrogens with two attached hydrogens (primary N) is 1. The summed E-state index contributed by atoms with van der Waals surface area (Å²) in [5, 5.41) is 14.0. The SMILES string of the molecule is CCc1nnc2sc(CC3(N)CCCCC3)nn12. The van der Waals surface area contributed by atoms with Crippen LogP contribution >= 0.6 is 11.3 Å². The Bertz CT molecular complexity index is 538. The highest BCUT2D eigenvalue weighted by Crippen LogP contribution is 2.30. The molecule has 1 saturated carbocycles. The molecule has 1 fully saturated rings. The number of aryl methyl sites for hydroxylation is 1. The van der Waals surface area contributed by atoms with E-state index in [9.17, 15) is 0 Å². The van der Waals surface area contributed by atoms with E-state index in [1.54, 1.807) is 11.3 Å². The molecule has 5 nitrogen and oxygen atoms in total. The molecule has 0 aromatic carbocycles. The van der Waals surface area contributed by atoms with Gasteiger partial charge in [0.1, 0.15) is 5.01 Å². The topological polar surface area (TPSA) is 69.1 Å². The Balaban J connectivity index is 1.83. The van der Waals surface area contributed by atoms with E-state index < -0.39 is 0 Å². The van der Waals surface area contributed by atoms with E-state index in [1.165, 1.54) is 19.3 Å². The highest BCUT2D eigenvalue weighted by Gasteiger charge is 2.29. The molecule has 1 aliphatic rings. The first kappa shape index (κ1) is 12.0. The molecule has 6 heteroatoms. The third kappa shape index (κ3) is 2.14. The normalized spacial score (nSPS) is 19.4. The highest BCUT2D eigenvalue weighted by atomic mass is 32.1. The molecular weight excluding hydrogens is 246 g/mol. The van der Waals surface area contributed by atoms with E-state index in [1.807, 2.05) is 4.52 Å². The van der Waals surface area contributed by atoms with Crippen LogP contribution in [0.4, 0.5) is 0 Å². The summed E-state index contributed by atoms with van der Waals surface area (Å²) in [6, 6.07) is 0. The van der Waals surface area contributed by atoms with Gasteiger partial charge in [0.05, 0.1) is 0 Å². The Kier molecular flexibility index (Phi) is 3.07. The molecule has 98 valence electrons. The van der Waals surface area contributed by atoms with Crippen molar-refractivity contribution in [2.45, 2.75) is 57.4 Å². The van der Waals surface area contributed by atoms with E-state index >= 15 is 0 Å². The largest absolute Gasteiger partial charge is 0.325 e. The predicted octanol–water partition coefficient (Wildman–Crippen LogP) is 1.95. The average Bonchev–Trinajstić information content (AvgIpc) is 2.88. The number of hydrogen-bond acceptors (Lipinski definition) is 5. The molecule has 2 heterocycles. The fraction of sp³-hybridized carbons (Fsp3) is 0.750. The zero-order valence-corrected chi connectivity index (χ0v) is 11.5. The van der Waals surface area contributed by atoms with Gasteiger partial charge in [-0.05, 0) is 12.8 Å². The Morgan fingerprint density at radius 1 is 1.28 bits per heavy atom. The quantitative estimate of drug-likeness (QED) is 0.921. The first-order valence-corrected chi connectivity index (χ1v) is 7.51. The number of nitrogens with zero attached hydrogens (tertiary/aromatic N) is 4. The van der Waals surface area contributed by atoms with Crippen molar-refractivity contribution in [1.82, 2.24) is 19.8 Å². The van der Waals surface area contributed by atoms with E-state index in [2.05, 4.69) is 22.2 Å². The van der Waals surface area contributed by atoms with Crippen LogP contribution < -0.4 is 5.73 Å². The maximum Gasteiger partial charge on any atom is 0.234 e. The lowest BCUT2D eigenvalue weighted by atomic mass is 9.80. The van der Waals surface area contributed by atoms with Crippen molar-refractivity contribution in [3.63, 3.8) is 0 Å². The van der Waals surface area contributed by atoms with Gasteiger partial charge in [-0.1, -0.05) is 37.5 Å². The van der Waals surface area contributed by atoms with Gasteiger partial charge in [-0.2, -0.15) is 9.61 Å². The molecule has 2 aromatic rings. The fourth-order valence-corrected chi connectivity index (χ4v) is 3.73. The zero-order valence-electron chi connectivity index (χ0n) is 10.7. The maximum absolute atomic E-state index is 6.47. The summed E-state index contributed by atoms with van der Waals surface area (Å²) in [5.74, 6) is 0.933. The van der Waals surface area contributed by atoms with Crippen LogP contribution in [0.25, 0.3) is 4.96 Å². The van der Waals surface area contributed by atoms with Crippen molar-refractivity contribution in [3.05, 3.63) is 10.8 Å². The van der Waals surface area contributed by atoms with Crippen LogP contribution in [-0.4, -0.2) is 25.4 Å². The number of rotatable bonds is 3. The minimum Gasteiger partial charge on any atom is -0.325 e. The predicted molar refractivity (Wildman–Crippen MR) is 71.7 cm³/mol. The highest BCUT2D eigenvalue weighted by molar-refractivity contribution is 7.16. The Labute approximate surface area is 110 Å². The van der Waals surface area contributed by atoms with Crippen LogP contribution in [0.2, 0.25) is 0 Å². The molecule has 0 amide bonds. The second kappa shape index (κ2) is 4.59. The molecule has 18 heavy (non-hydrogen) atoms. The average molecular weight is 265 g/mol. The molecule has 3 rings (SSSR count). The third-order valence-corrected chi connectivity index (χ3v) is 4.66. The molecule has 0 spiro atoms. The molecule has 0 aliphatic heterocycles. The first-order chi connectivity index (χ1) is 8.70. The Hall–Kier alpha value is -1.01. The van der Waals surface area contributed by atoms with Crippen LogP contribution in [0.15, 0.2) is 0 Å². The van der Waals surface area contributed by atoms with Crippen molar-refractivity contribution < 1.29 is 0 Å². The minimum atomic E-state index is -0.0477. The van der Waals surface area contributed by atoms with Gasteiger partial charge in [0.25, 0.3) is 0 Å². The lowest BCUT2D eigenvalue weighted by molar-refractivity contribution is 0.293. The van der Waals surface area contributed by atoms with Crippen LogP contribution in [0.3, 0.4) is 0 Å². The molecule has 0 unspecified atom stereocenters. The standard InChI is InChI=1S/C12H19N5S/c1-2-9-14-15-11-17(9)16-10(18-11)8-12(13)6-4-3-5-7-12/h2-8,13H2,1H3. The summed E-state index contributed by atoms with van der Waals surface area (Å²) in [7, 11) is 0. The molecular formula is C12H19N5S. The molecule has 0 atom stereocenters. The van der Waals surface area contributed by atoms with Gasteiger partial charge in [-0.15, -0.1) is 10.2 Å². The van der Waals surface area contributed by atoms with E-state index in [0.717, 1.165) is 41.5 Å². The molecule has 0 radical (unpaired) electrons. The summed E-state index contributed by atoms with van der Waals surface area (Å²) in [4.78, 5) is 0.890. The summed E-state index contributed by atoms with van der Waals surface area (Å²) >= 11 is 1.62. The lowest BCUT2D eigenvalue weighted by Gasteiger charge is -2.32. The summed E-state index contributed by atoms with van der Waals surface area (Å²) in [5.41, 5.74) is 6.43. The van der Waals surface area contributed by atoms with Crippen LogP contribution in [0, 0.1) is 0 Å². The van der Waals surface area contributed by atoms with Crippen molar-refractivity contribution >= 4 is 16.3 Å². The Morgan fingerprint density at radius 2 is 2.06 bits per heavy atom. The zero-order chi connectivity index (χ0) is 12.6. The van der Waals surface area contributed by atoms with Crippen molar-refractivity contribution in [1.29, 1.82) is 0 Å². The van der Waals surface area contributed by atoms with Crippen LogP contribution in [0.1, 0.15) is 49.9 Å². The summed E-state index contributed by atoms with van der Waals surface area (Å²) < 4.78 is 1.87. The molecule has 2 aromatic heterocycles. The van der Waals surface area contributed by atoms with Crippen LogP contribution in [0.5, 0.6) is 0 Å². The van der Waals surface area contributed by atoms with Gasteiger partial charge < -0.3 is 5.73 Å². The van der Waals surface area contributed by atoms with E-state index in [4.69, 9.17) is 5.73 Å².